The highest BCUT2D eigenvalue weighted by Gasteiger charge is 2.10. The van der Waals surface area contributed by atoms with E-state index in [2.05, 4.69) is 10.4 Å². The SMILES string of the molecule is COc1ccc(/C=C/C(=O)Nc2cc(C)n(Cc3ccc(F)cc3Cl)n2)cc1COc1cccc(C)c1. The third-order valence-electron chi connectivity index (χ3n) is 5.68. The maximum Gasteiger partial charge on any atom is 0.249 e. The van der Waals surface area contributed by atoms with E-state index in [1.54, 1.807) is 30.0 Å². The molecule has 1 heterocycles. The summed E-state index contributed by atoms with van der Waals surface area (Å²) in [6.45, 7) is 4.57. The molecule has 1 aromatic heterocycles. The van der Waals surface area contributed by atoms with Gasteiger partial charge in [-0.2, -0.15) is 5.10 Å². The van der Waals surface area contributed by atoms with Crippen LogP contribution in [0, 0.1) is 19.7 Å². The second-order valence-corrected chi connectivity index (χ2v) is 8.97. The van der Waals surface area contributed by atoms with Crippen LogP contribution in [0.3, 0.4) is 0 Å². The van der Waals surface area contributed by atoms with Gasteiger partial charge in [0.1, 0.15) is 23.9 Å². The summed E-state index contributed by atoms with van der Waals surface area (Å²) < 4.78 is 26.4. The average molecular weight is 520 g/mol. The molecule has 0 spiro atoms. The molecule has 0 atom stereocenters. The van der Waals surface area contributed by atoms with Gasteiger partial charge in [-0.1, -0.05) is 35.9 Å². The largest absolute Gasteiger partial charge is 0.496 e. The van der Waals surface area contributed by atoms with Gasteiger partial charge in [-0.3, -0.25) is 9.48 Å². The van der Waals surface area contributed by atoms with Crippen molar-refractivity contribution >= 4 is 29.4 Å². The summed E-state index contributed by atoms with van der Waals surface area (Å²) in [7, 11) is 1.61. The van der Waals surface area contributed by atoms with Crippen LogP contribution in [0.15, 0.2) is 72.8 Å². The van der Waals surface area contributed by atoms with E-state index in [1.807, 2.05) is 56.3 Å². The first-order chi connectivity index (χ1) is 17.8. The van der Waals surface area contributed by atoms with E-state index >= 15 is 0 Å². The number of hydrogen-bond acceptors (Lipinski definition) is 4. The lowest BCUT2D eigenvalue weighted by atomic mass is 10.1. The number of methoxy groups -OCH3 is 1. The number of nitrogens with zero attached hydrogens (tertiary/aromatic N) is 2. The number of carbonyl (C=O) groups is 1. The lowest BCUT2D eigenvalue weighted by molar-refractivity contribution is -0.111. The molecule has 3 aromatic carbocycles. The molecule has 0 saturated carbocycles. The van der Waals surface area contributed by atoms with Gasteiger partial charge in [0.05, 0.1) is 13.7 Å². The Morgan fingerprint density at radius 3 is 2.68 bits per heavy atom. The molecule has 0 aliphatic heterocycles. The summed E-state index contributed by atoms with van der Waals surface area (Å²) in [4.78, 5) is 12.5. The molecule has 37 heavy (non-hydrogen) atoms. The second-order valence-electron chi connectivity index (χ2n) is 8.56. The van der Waals surface area contributed by atoms with E-state index in [1.165, 1.54) is 18.2 Å². The summed E-state index contributed by atoms with van der Waals surface area (Å²) in [6, 6.07) is 19.5. The predicted octanol–water partition coefficient (Wildman–Crippen LogP) is 6.58. The van der Waals surface area contributed by atoms with Crippen LogP contribution in [0.5, 0.6) is 11.5 Å². The van der Waals surface area contributed by atoms with Crippen LogP contribution in [0.1, 0.15) is 27.9 Å². The minimum atomic E-state index is -0.395. The molecule has 6 nitrogen and oxygen atoms in total. The molecule has 4 aromatic rings. The molecule has 4 rings (SSSR count). The molecule has 0 aliphatic rings. The topological polar surface area (TPSA) is 65.4 Å². The van der Waals surface area contributed by atoms with Crippen LogP contribution in [0.25, 0.3) is 6.08 Å². The summed E-state index contributed by atoms with van der Waals surface area (Å²) in [5.74, 6) is 1.17. The number of aryl methyl sites for hydroxylation is 2. The highest BCUT2D eigenvalue weighted by molar-refractivity contribution is 6.31. The molecular weight excluding hydrogens is 493 g/mol. The third kappa shape index (κ3) is 6.98. The van der Waals surface area contributed by atoms with Gasteiger partial charge in [0.25, 0.3) is 0 Å². The van der Waals surface area contributed by atoms with E-state index in [0.29, 0.717) is 29.7 Å². The third-order valence-corrected chi connectivity index (χ3v) is 6.04. The molecule has 0 bridgehead atoms. The number of ether oxygens (including phenoxy) is 2. The van der Waals surface area contributed by atoms with Crippen LogP contribution in [0.2, 0.25) is 5.02 Å². The van der Waals surface area contributed by atoms with Crippen molar-refractivity contribution in [2.24, 2.45) is 0 Å². The Balaban J connectivity index is 1.40. The first-order valence-corrected chi connectivity index (χ1v) is 12.0. The van der Waals surface area contributed by atoms with Crippen molar-refractivity contribution in [3.63, 3.8) is 0 Å². The predicted molar refractivity (Wildman–Crippen MR) is 144 cm³/mol. The lowest BCUT2D eigenvalue weighted by Crippen LogP contribution is -2.10. The van der Waals surface area contributed by atoms with Gasteiger partial charge in [0.15, 0.2) is 5.82 Å². The van der Waals surface area contributed by atoms with Gasteiger partial charge in [0, 0.05) is 28.4 Å². The Morgan fingerprint density at radius 2 is 1.92 bits per heavy atom. The van der Waals surface area contributed by atoms with Crippen LogP contribution in [-0.4, -0.2) is 22.8 Å². The normalized spacial score (nSPS) is 11.1. The number of amides is 1. The van der Waals surface area contributed by atoms with E-state index < -0.39 is 5.82 Å². The molecule has 1 N–H and O–H groups in total. The van der Waals surface area contributed by atoms with Gasteiger partial charge in [-0.15, -0.1) is 0 Å². The molecule has 1 amide bonds. The molecular formula is C29H27ClFN3O3. The van der Waals surface area contributed by atoms with Gasteiger partial charge < -0.3 is 14.8 Å². The van der Waals surface area contributed by atoms with Crippen molar-refractivity contribution in [2.75, 3.05) is 12.4 Å². The number of benzene rings is 3. The zero-order chi connectivity index (χ0) is 26.4. The summed E-state index contributed by atoms with van der Waals surface area (Å²) in [6.07, 6.45) is 3.16. The molecule has 0 saturated heterocycles. The molecule has 0 fully saturated rings. The van der Waals surface area contributed by atoms with Gasteiger partial charge in [-0.05, 0) is 73.0 Å². The maximum absolute atomic E-state index is 13.3. The minimum absolute atomic E-state index is 0.321. The highest BCUT2D eigenvalue weighted by Crippen LogP contribution is 2.24. The summed E-state index contributed by atoms with van der Waals surface area (Å²) >= 11 is 6.13. The zero-order valence-electron chi connectivity index (χ0n) is 20.8. The fourth-order valence-corrected chi connectivity index (χ4v) is 3.99. The summed E-state index contributed by atoms with van der Waals surface area (Å²) in [5.41, 5.74) is 4.36. The molecule has 0 aliphatic carbocycles. The monoisotopic (exact) mass is 519 g/mol. The van der Waals surface area contributed by atoms with Crippen molar-refractivity contribution in [1.29, 1.82) is 0 Å². The Kier molecular flexibility index (Phi) is 8.25. The van der Waals surface area contributed by atoms with Crippen molar-refractivity contribution in [1.82, 2.24) is 9.78 Å². The molecule has 190 valence electrons. The van der Waals surface area contributed by atoms with Crippen molar-refractivity contribution in [2.45, 2.75) is 27.0 Å². The number of hydrogen-bond donors (Lipinski definition) is 1. The van der Waals surface area contributed by atoms with Crippen molar-refractivity contribution in [3.8, 4) is 11.5 Å². The van der Waals surface area contributed by atoms with Crippen LogP contribution < -0.4 is 14.8 Å². The molecule has 8 heteroatoms. The fraction of sp³-hybridized carbons (Fsp3) is 0.172. The maximum atomic E-state index is 13.3. The fourth-order valence-electron chi connectivity index (χ4n) is 3.76. The van der Waals surface area contributed by atoms with Crippen molar-refractivity contribution in [3.05, 3.63) is 112 Å². The minimum Gasteiger partial charge on any atom is -0.496 e. The van der Waals surface area contributed by atoms with Crippen LogP contribution >= 0.6 is 11.6 Å². The van der Waals surface area contributed by atoms with Gasteiger partial charge in [-0.25, -0.2) is 4.39 Å². The Morgan fingerprint density at radius 1 is 1.08 bits per heavy atom. The molecule has 0 unspecified atom stereocenters. The highest BCUT2D eigenvalue weighted by atomic mass is 35.5. The number of carbonyl (C=O) groups excluding carboxylic acids is 1. The first kappa shape index (κ1) is 26.0. The Labute approximate surface area is 220 Å². The van der Waals surface area contributed by atoms with E-state index in [0.717, 1.165) is 33.7 Å². The van der Waals surface area contributed by atoms with Crippen molar-refractivity contribution < 1.29 is 18.7 Å². The van der Waals surface area contributed by atoms with E-state index in [4.69, 9.17) is 21.1 Å². The lowest BCUT2D eigenvalue weighted by Gasteiger charge is -2.11. The number of anilines is 1. The second kappa shape index (κ2) is 11.8. The Hall–Kier alpha value is -4.10. The van der Waals surface area contributed by atoms with Crippen LogP contribution in [-0.2, 0) is 17.9 Å². The number of aromatic nitrogens is 2. The zero-order valence-corrected chi connectivity index (χ0v) is 21.6. The van der Waals surface area contributed by atoms with E-state index in [-0.39, 0.29) is 5.91 Å². The smallest absolute Gasteiger partial charge is 0.249 e. The number of halogens is 2. The number of nitrogens with one attached hydrogen (secondary N) is 1. The quantitative estimate of drug-likeness (QED) is 0.254. The Bertz CT molecular complexity index is 1450. The van der Waals surface area contributed by atoms with E-state index in [9.17, 15) is 9.18 Å². The average Bonchev–Trinajstić information content (AvgIpc) is 3.21. The summed E-state index contributed by atoms with van der Waals surface area (Å²) in [5, 5.41) is 7.52. The first-order valence-electron chi connectivity index (χ1n) is 11.6. The molecule has 0 radical (unpaired) electrons. The van der Waals surface area contributed by atoms with Gasteiger partial charge in [0.2, 0.25) is 5.91 Å². The number of rotatable bonds is 9. The standard InChI is InChI=1S/C29H27ClFN3O3/c1-19-5-4-6-25(13-19)37-18-23-15-21(7-11-27(23)36-3)8-12-29(35)32-28-14-20(2)34(33-28)17-22-9-10-24(31)16-26(22)30/h4-16H,17-18H2,1-3H3,(H,32,33,35)/b12-8+. The van der Waals surface area contributed by atoms with Crippen LogP contribution in [0.4, 0.5) is 10.2 Å². The van der Waals surface area contributed by atoms with Gasteiger partial charge >= 0.3 is 0 Å².